The van der Waals surface area contributed by atoms with Crippen molar-refractivity contribution in [2.45, 2.75) is 20.4 Å². The van der Waals surface area contributed by atoms with Crippen LogP contribution in [0, 0.1) is 0 Å². The standard InChI is InChI=1S/C20H28N10OS/c1-3-29(4-2)12-13-10-24-20(32-13)27-16-9-15(14-11-23-18(22)28-17(14)21)25-19(26-16)30-5-7-31-8-6-30/h9-11H,3-8,12H2,1-2H3,(H4,21,22,23,28)(H,24,25,26,27). The molecular formula is C20H28N10OS. The third-order valence-corrected chi connectivity index (χ3v) is 6.08. The van der Waals surface area contributed by atoms with Gasteiger partial charge in [0.15, 0.2) is 5.13 Å². The predicted octanol–water partition coefficient (Wildman–Crippen LogP) is 1.98. The van der Waals surface area contributed by atoms with Crippen LogP contribution in [-0.2, 0) is 11.3 Å². The molecule has 0 aliphatic carbocycles. The average molecular weight is 457 g/mol. The summed E-state index contributed by atoms with van der Waals surface area (Å²) in [7, 11) is 0. The van der Waals surface area contributed by atoms with Gasteiger partial charge in [-0.2, -0.15) is 9.97 Å². The third kappa shape index (κ3) is 5.21. The van der Waals surface area contributed by atoms with Gasteiger partial charge in [0.25, 0.3) is 0 Å². The number of rotatable bonds is 8. The van der Waals surface area contributed by atoms with Crippen LogP contribution in [0.1, 0.15) is 18.7 Å². The molecule has 5 N–H and O–H groups in total. The number of nitrogens with two attached hydrogens (primary N) is 2. The maximum atomic E-state index is 6.10. The first-order chi connectivity index (χ1) is 15.6. The third-order valence-electron chi connectivity index (χ3n) is 5.18. The van der Waals surface area contributed by atoms with Crippen molar-refractivity contribution in [3.8, 4) is 11.3 Å². The number of morpholine rings is 1. The summed E-state index contributed by atoms with van der Waals surface area (Å²) in [6.07, 6.45) is 3.49. The van der Waals surface area contributed by atoms with E-state index < -0.39 is 0 Å². The van der Waals surface area contributed by atoms with Crippen molar-refractivity contribution in [2.75, 3.05) is 61.1 Å². The quantitative estimate of drug-likeness (QED) is 0.457. The summed E-state index contributed by atoms with van der Waals surface area (Å²) in [6, 6.07) is 1.82. The van der Waals surface area contributed by atoms with E-state index in [9.17, 15) is 0 Å². The lowest BCUT2D eigenvalue weighted by atomic mass is 10.2. The zero-order valence-corrected chi connectivity index (χ0v) is 19.1. The molecule has 0 atom stereocenters. The fraction of sp³-hybridized carbons (Fsp3) is 0.450. The Morgan fingerprint density at radius 3 is 2.59 bits per heavy atom. The SMILES string of the molecule is CCN(CC)Cc1cnc(Nc2cc(-c3cnc(N)nc3N)nc(N3CCOCC3)n2)s1. The van der Waals surface area contributed by atoms with Gasteiger partial charge in [-0.15, -0.1) is 11.3 Å². The summed E-state index contributed by atoms with van der Waals surface area (Å²) in [6.45, 7) is 9.87. The Morgan fingerprint density at radius 2 is 1.88 bits per heavy atom. The molecule has 4 heterocycles. The van der Waals surface area contributed by atoms with E-state index in [4.69, 9.17) is 26.2 Å². The minimum absolute atomic E-state index is 0.121. The van der Waals surface area contributed by atoms with Gasteiger partial charge >= 0.3 is 0 Å². The molecule has 1 fully saturated rings. The summed E-state index contributed by atoms with van der Waals surface area (Å²) in [5.41, 5.74) is 13.0. The molecule has 0 spiro atoms. The number of hydrogen-bond donors (Lipinski definition) is 3. The lowest BCUT2D eigenvalue weighted by Crippen LogP contribution is -2.37. The summed E-state index contributed by atoms with van der Waals surface area (Å²) in [5.74, 6) is 1.60. The molecule has 12 heteroatoms. The molecular weight excluding hydrogens is 428 g/mol. The lowest BCUT2D eigenvalue weighted by molar-refractivity contribution is 0.122. The fourth-order valence-electron chi connectivity index (χ4n) is 3.36. The van der Waals surface area contributed by atoms with Crippen LogP contribution in [-0.4, -0.2) is 69.2 Å². The molecule has 170 valence electrons. The van der Waals surface area contributed by atoms with Gasteiger partial charge in [0.2, 0.25) is 11.9 Å². The van der Waals surface area contributed by atoms with E-state index in [1.807, 2.05) is 12.3 Å². The maximum absolute atomic E-state index is 6.10. The summed E-state index contributed by atoms with van der Waals surface area (Å²) < 4.78 is 5.47. The van der Waals surface area contributed by atoms with Gasteiger partial charge in [0.05, 0.1) is 24.5 Å². The zero-order valence-electron chi connectivity index (χ0n) is 18.3. The number of nitrogens with one attached hydrogen (secondary N) is 1. The second-order valence-corrected chi connectivity index (χ2v) is 8.40. The number of aromatic nitrogens is 5. The predicted molar refractivity (Wildman–Crippen MR) is 127 cm³/mol. The number of ether oxygens (including phenoxy) is 1. The highest BCUT2D eigenvalue weighted by atomic mass is 32.1. The summed E-state index contributed by atoms with van der Waals surface area (Å²) in [4.78, 5) is 27.7. The van der Waals surface area contributed by atoms with Crippen molar-refractivity contribution >= 4 is 40.0 Å². The highest BCUT2D eigenvalue weighted by Crippen LogP contribution is 2.29. The first kappa shape index (κ1) is 22.1. The van der Waals surface area contributed by atoms with Gasteiger partial charge in [0, 0.05) is 43.0 Å². The van der Waals surface area contributed by atoms with Gasteiger partial charge in [0.1, 0.15) is 11.6 Å². The zero-order chi connectivity index (χ0) is 22.5. The van der Waals surface area contributed by atoms with E-state index in [2.05, 4.69) is 43.9 Å². The van der Waals surface area contributed by atoms with E-state index in [-0.39, 0.29) is 11.8 Å². The van der Waals surface area contributed by atoms with Crippen molar-refractivity contribution in [3.05, 3.63) is 23.3 Å². The Labute approximate surface area is 190 Å². The Hall–Kier alpha value is -3.09. The molecule has 1 aliphatic rings. The largest absolute Gasteiger partial charge is 0.383 e. The Morgan fingerprint density at radius 1 is 1.09 bits per heavy atom. The highest BCUT2D eigenvalue weighted by molar-refractivity contribution is 7.15. The van der Waals surface area contributed by atoms with Crippen LogP contribution >= 0.6 is 11.3 Å². The summed E-state index contributed by atoms with van der Waals surface area (Å²) in [5, 5.41) is 4.10. The molecule has 3 aromatic heterocycles. The molecule has 4 rings (SSSR count). The van der Waals surface area contributed by atoms with Crippen molar-refractivity contribution in [1.29, 1.82) is 0 Å². The van der Waals surface area contributed by atoms with E-state index in [1.165, 1.54) is 4.88 Å². The topological polar surface area (TPSA) is 144 Å². The molecule has 1 aliphatic heterocycles. The molecule has 0 radical (unpaired) electrons. The minimum Gasteiger partial charge on any atom is -0.383 e. The van der Waals surface area contributed by atoms with E-state index in [0.29, 0.717) is 49.3 Å². The molecule has 32 heavy (non-hydrogen) atoms. The van der Waals surface area contributed by atoms with Gasteiger partial charge in [-0.3, -0.25) is 4.90 Å². The van der Waals surface area contributed by atoms with Gasteiger partial charge in [-0.25, -0.2) is 15.0 Å². The first-order valence-corrected chi connectivity index (χ1v) is 11.4. The van der Waals surface area contributed by atoms with Crippen molar-refractivity contribution < 1.29 is 4.74 Å². The second-order valence-electron chi connectivity index (χ2n) is 7.28. The van der Waals surface area contributed by atoms with Gasteiger partial charge in [-0.1, -0.05) is 13.8 Å². The summed E-state index contributed by atoms with van der Waals surface area (Å²) >= 11 is 1.61. The molecule has 0 bridgehead atoms. The van der Waals surface area contributed by atoms with Crippen LogP contribution in [0.25, 0.3) is 11.3 Å². The van der Waals surface area contributed by atoms with Crippen molar-refractivity contribution in [1.82, 2.24) is 29.8 Å². The lowest BCUT2D eigenvalue weighted by Gasteiger charge is -2.27. The van der Waals surface area contributed by atoms with Gasteiger partial charge in [-0.05, 0) is 13.1 Å². The Kier molecular flexibility index (Phi) is 6.93. The van der Waals surface area contributed by atoms with Crippen molar-refractivity contribution in [2.24, 2.45) is 0 Å². The van der Waals surface area contributed by atoms with E-state index in [1.54, 1.807) is 17.5 Å². The Bertz CT molecular complexity index is 1050. The smallest absolute Gasteiger partial charge is 0.228 e. The normalized spacial score (nSPS) is 14.2. The molecule has 0 amide bonds. The fourth-order valence-corrected chi connectivity index (χ4v) is 4.23. The van der Waals surface area contributed by atoms with Crippen LogP contribution in [0.15, 0.2) is 18.5 Å². The molecule has 3 aromatic rings. The molecule has 0 saturated carbocycles. The van der Waals surface area contributed by atoms with E-state index >= 15 is 0 Å². The molecule has 0 aromatic carbocycles. The van der Waals surface area contributed by atoms with Crippen LogP contribution in [0.2, 0.25) is 0 Å². The number of nitrogen functional groups attached to an aromatic ring is 2. The van der Waals surface area contributed by atoms with Crippen molar-refractivity contribution in [3.63, 3.8) is 0 Å². The molecule has 1 saturated heterocycles. The minimum atomic E-state index is 0.121. The first-order valence-electron chi connectivity index (χ1n) is 10.6. The van der Waals surface area contributed by atoms with Crippen LogP contribution in [0.3, 0.4) is 0 Å². The number of anilines is 5. The number of thiazole rings is 1. The van der Waals surface area contributed by atoms with Gasteiger partial charge < -0.3 is 26.4 Å². The average Bonchev–Trinajstić information content (AvgIpc) is 3.24. The van der Waals surface area contributed by atoms with Crippen LogP contribution in [0.4, 0.5) is 28.7 Å². The van der Waals surface area contributed by atoms with E-state index in [0.717, 1.165) is 24.8 Å². The second kappa shape index (κ2) is 10.0. The van der Waals surface area contributed by atoms with Crippen LogP contribution in [0.5, 0.6) is 0 Å². The Balaban J connectivity index is 1.64. The maximum Gasteiger partial charge on any atom is 0.228 e. The monoisotopic (exact) mass is 456 g/mol. The van der Waals surface area contributed by atoms with Crippen LogP contribution < -0.4 is 21.7 Å². The number of hydrogen-bond acceptors (Lipinski definition) is 12. The number of nitrogens with zero attached hydrogens (tertiary/aromatic N) is 7. The highest BCUT2D eigenvalue weighted by Gasteiger charge is 2.18. The molecule has 11 nitrogen and oxygen atoms in total. The molecule has 0 unspecified atom stereocenters.